The van der Waals surface area contributed by atoms with Gasteiger partial charge in [0, 0.05) is 26.2 Å². The second-order valence-electron chi connectivity index (χ2n) is 5.51. The summed E-state index contributed by atoms with van der Waals surface area (Å²) in [5.74, 6) is 0. The van der Waals surface area contributed by atoms with Crippen LogP contribution < -0.4 is 0 Å². The minimum absolute atomic E-state index is 0.269. The maximum Gasteiger partial charge on any atom is 0.107 e. The molecule has 104 valence electrons. The standard InChI is InChI=1S/C15H21NO3/c17-13-6-8-19-14(15(13)18)10-16-7-5-11-3-1-2-4-12(11)9-16/h1-4,13-15,17-18H,5-10H2. The number of nitrogens with zero attached hydrogens (tertiary/aromatic N) is 1. The van der Waals surface area contributed by atoms with Gasteiger partial charge in [0.15, 0.2) is 0 Å². The third-order valence-corrected chi connectivity index (χ3v) is 4.17. The highest BCUT2D eigenvalue weighted by Crippen LogP contribution is 2.21. The quantitative estimate of drug-likeness (QED) is 0.818. The van der Waals surface area contributed by atoms with Crippen LogP contribution in [0.4, 0.5) is 0 Å². The molecule has 4 nitrogen and oxygen atoms in total. The summed E-state index contributed by atoms with van der Waals surface area (Å²) in [6.45, 7) is 3.11. The lowest BCUT2D eigenvalue weighted by molar-refractivity contribution is -0.142. The van der Waals surface area contributed by atoms with Gasteiger partial charge >= 0.3 is 0 Å². The first-order chi connectivity index (χ1) is 9.24. The fourth-order valence-electron chi connectivity index (χ4n) is 2.98. The van der Waals surface area contributed by atoms with Crippen LogP contribution in [0.25, 0.3) is 0 Å². The Morgan fingerprint density at radius 3 is 2.84 bits per heavy atom. The van der Waals surface area contributed by atoms with Crippen LogP contribution in [-0.4, -0.2) is 53.1 Å². The van der Waals surface area contributed by atoms with Gasteiger partial charge in [0.05, 0.1) is 12.2 Å². The molecule has 2 aliphatic rings. The molecule has 0 spiro atoms. The van der Waals surface area contributed by atoms with E-state index in [0.29, 0.717) is 19.6 Å². The molecule has 1 fully saturated rings. The van der Waals surface area contributed by atoms with Crippen LogP contribution in [0, 0.1) is 0 Å². The molecule has 0 radical (unpaired) electrons. The Balaban J connectivity index is 1.63. The van der Waals surface area contributed by atoms with E-state index in [4.69, 9.17) is 4.74 Å². The Kier molecular flexibility index (Phi) is 3.84. The highest BCUT2D eigenvalue weighted by atomic mass is 16.5. The normalized spacial score (nSPS) is 32.0. The zero-order valence-corrected chi connectivity index (χ0v) is 11.0. The van der Waals surface area contributed by atoms with Crippen LogP contribution in [0.15, 0.2) is 24.3 Å². The molecule has 0 saturated carbocycles. The molecule has 3 atom stereocenters. The maximum absolute atomic E-state index is 9.96. The van der Waals surface area contributed by atoms with E-state index in [-0.39, 0.29) is 6.10 Å². The predicted molar refractivity (Wildman–Crippen MR) is 71.8 cm³/mol. The highest BCUT2D eigenvalue weighted by Gasteiger charge is 2.33. The highest BCUT2D eigenvalue weighted by molar-refractivity contribution is 5.29. The molecule has 1 saturated heterocycles. The Hall–Kier alpha value is -0.940. The molecule has 0 aliphatic carbocycles. The maximum atomic E-state index is 9.96. The summed E-state index contributed by atoms with van der Waals surface area (Å²) in [6, 6.07) is 8.49. The molecule has 19 heavy (non-hydrogen) atoms. The van der Waals surface area contributed by atoms with Crippen molar-refractivity contribution in [2.45, 2.75) is 37.7 Å². The van der Waals surface area contributed by atoms with Gasteiger partial charge in [-0.2, -0.15) is 0 Å². The molecule has 0 aromatic heterocycles. The van der Waals surface area contributed by atoms with Crippen LogP contribution in [0.2, 0.25) is 0 Å². The number of aliphatic hydroxyl groups excluding tert-OH is 2. The van der Waals surface area contributed by atoms with E-state index >= 15 is 0 Å². The molecule has 3 unspecified atom stereocenters. The Morgan fingerprint density at radius 2 is 2.00 bits per heavy atom. The lowest BCUT2D eigenvalue weighted by atomic mass is 9.98. The first-order valence-corrected chi connectivity index (χ1v) is 7.01. The molecule has 0 bridgehead atoms. The smallest absolute Gasteiger partial charge is 0.107 e. The van der Waals surface area contributed by atoms with Crippen LogP contribution >= 0.6 is 0 Å². The number of fused-ring (bicyclic) bond motifs is 1. The van der Waals surface area contributed by atoms with E-state index in [2.05, 4.69) is 29.2 Å². The first-order valence-electron chi connectivity index (χ1n) is 7.01. The van der Waals surface area contributed by atoms with Crippen molar-refractivity contribution in [1.82, 2.24) is 4.90 Å². The van der Waals surface area contributed by atoms with Gasteiger partial charge in [-0.1, -0.05) is 24.3 Å². The second-order valence-corrected chi connectivity index (χ2v) is 5.51. The summed E-state index contributed by atoms with van der Waals surface area (Å²) in [5.41, 5.74) is 2.78. The van der Waals surface area contributed by atoms with Crippen LogP contribution in [-0.2, 0) is 17.7 Å². The summed E-state index contributed by atoms with van der Waals surface area (Å²) in [5, 5.41) is 19.6. The zero-order chi connectivity index (χ0) is 13.2. The zero-order valence-electron chi connectivity index (χ0n) is 11.0. The fourth-order valence-corrected chi connectivity index (χ4v) is 2.98. The summed E-state index contributed by atoms with van der Waals surface area (Å²) in [6.07, 6.45) is -0.0991. The number of rotatable bonds is 2. The molecule has 2 heterocycles. The number of benzene rings is 1. The number of ether oxygens (including phenoxy) is 1. The molecule has 2 aliphatic heterocycles. The SMILES string of the molecule is OC1CCOC(CN2CCc3ccccc3C2)C1O. The Bertz CT molecular complexity index is 437. The summed E-state index contributed by atoms with van der Waals surface area (Å²) in [7, 11) is 0. The second kappa shape index (κ2) is 5.59. The van der Waals surface area contributed by atoms with Gasteiger partial charge in [-0.25, -0.2) is 0 Å². The van der Waals surface area contributed by atoms with E-state index in [1.54, 1.807) is 0 Å². The van der Waals surface area contributed by atoms with E-state index in [9.17, 15) is 10.2 Å². The molecule has 2 N–H and O–H groups in total. The minimum atomic E-state index is -0.758. The predicted octanol–water partition coefficient (Wildman–Crippen LogP) is 0.555. The van der Waals surface area contributed by atoms with Crippen LogP contribution in [0.1, 0.15) is 17.5 Å². The average Bonchev–Trinajstić information content (AvgIpc) is 2.44. The van der Waals surface area contributed by atoms with Crippen LogP contribution in [0.5, 0.6) is 0 Å². The number of hydrogen-bond donors (Lipinski definition) is 2. The number of aliphatic hydroxyl groups is 2. The molecule has 0 amide bonds. The Morgan fingerprint density at radius 1 is 1.21 bits per heavy atom. The van der Waals surface area contributed by atoms with Crippen molar-refractivity contribution >= 4 is 0 Å². The van der Waals surface area contributed by atoms with Crippen molar-refractivity contribution in [2.75, 3.05) is 19.7 Å². The van der Waals surface area contributed by atoms with Gasteiger partial charge in [0.25, 0.3) is 0 Å². The van der Waals surface area contributed by atoms with Gasteiger partial charge in [-0.05, 0) is 24.0 Å². The van der Waals surface area contributed by atoms with Crippen molar-refractivity contribution in [1.29, 1.82) is 0 Å². The van der Waals surface area contributed by atoms with E-state index in [1.165, 1.54) is 11.1 Å². The van der Waals surface area contributed by atoms with Crippen molar-refractivity contribution < 1.29 is 14.9 Å². The van der Waals surface area contributed by atoms with Gasteiger partial charge < -0.3 is 14.9 Å². The molecular formula is C15H21NO3. The first kappa shape index (κ1) is 13.1. The lowest BCUT2D eigenvalue weighted by Gasteiger charge is -2.37. The lowest BCUT2D eigenvalue weighted by Crippen LogP contribution is -2.50. The fraction of sp³-hybridized carbons (Fsp3) is 0.600. The van der Waals surface area contributed by atoms with Crippen molar-refractivity contribution in [3.05, 3.63) is 35.4 Å². The van der Waals surface area contributed by atoms with Crippen molar-refractivity contribution in [2.24, 2.45) is 0 Å². The van der Waals surface area contributed by atoms with E-state index in [0.717, 1.165) is 19.5 Å². The molecule has 3 rings (SSSR count). The van der Waals surface area contributed by atoms with Gasteiger partial charge in [0.2, 0.25) is 0 Å². The largest absolute Gasteiger partial charge is 0.390 e. The third-order valence-electron chi connectivity index (χ3n) is 4.17. The number of hydrogen-bond acceptors (Lipinski definition) is 4. The van der Waals surface area contributed by atoms with Crippen molar-refractivity contribution in [3.63, 3.8) is 0 Å². The average molecular weight is 263 g/mol. The van der Waals surface area contributed by atoms with Gasteiger partial charge in [-0.15, -0.1) is 0 Å². The molecule has 4 heteroatoms. The summed E-state index contributed by atoms with van der Waals surface area (Å²) >= 11 is 0. The molecule has 1 aromatic rings. The minimum Gasteiger partial charge on any atom is -0.390 e. The summed E-state index contributed by atoms with van der Waals surface area (Å²) < 4.78 is 5.60. The third kappa shape index (κ3) is 2.82. The van der Waals surface area contributed by atoms with Crippen LogP contribution in [0.3, 0.4) is 0 Å². The van der Waals surface area contributed by atoms with Crippen molar-refractivity contribution in [3.8, 4) is 0 Å². The van der Waals surface area contributed by atoms with Gasteiger partial charge in [0.1, 0.15) is 6.10 Å². The molecular weight excluding hydrogens is 242 g/mol. The molecule has 1 aromatic carbocycles. The van der Waals surface area contributed by atoms with E-state index in [1.807, 2.05) is 0 Å². The Labute approximate surface area is 113 Å². The van der Waals surface area contributed by atoms with Gasteiger partial charge in [-0.3, -0.25) is 4.90 Å². The summed E-state index contributed by atoms with van der Waals surface area (Å²) in [4.78, 5) is 2.30. The monoisotopic (exact) mass is 263 g/mol. The van der Waals surface area contributed by atoms with E-state index < -0.39 is 12.2 Å². The topological polar surface area (TPSA) is 52.9 Å².